The van der Waals surface area contributed by atoms with Crippen molar-refractivity contribution in [3.8, 4) is 6.07 Å². The van der Waals surface area contributed by atoms with E-state index in [4.69, 9.17) is 15.7 Å². The molecular weight excluding hydrogens is 232 g/mol. The highest BCUT2D eigenvalue weighted by atomic mass is 16.5. The molecule has 0 bridgehead atoms. The van der Waals surface area contributed by atoms with Crippen molar-refractivity contribution in [3.05, 3.63) is 41.0 Å². The molecule has 0 heterocycles. The zero-order valence-corrected chi connectivity index (χ0v) is 9.84. The predicted molar refractivity (Wildman–Crippen MR) is 65.2 cm³/mol. The lowest BCUT2D eigenvalue weighted by Crippen LogP contribution is -2.10. The number of carbonyl (C=O) groups excluding carboxylic acids is 2. The van der Waals surface area contributed by atoms with Gasteiger partial charge in [0.1, 0.15) is 11.6 Å². The first-order valence-electron chi connectivity index (χ1n) is 5.27. The summed E-state index contributed by atoms with van der Waals surface area (Å²) in [6.45, 7) is 1.85. The quantitative estimate of drug-likeness (QED) is 0.490. The Kier molecular flexibility index (Phi) is 4.64. The van der Waals surface area contributed by atoms with Crippen LogP contribution in [0.4, 0.5) is 0 Å². The van der Waals surface area contributed by atoms with Crippen LogP contribution in [-0.4, -0.2) is 18.5 Å². The van der Waals surface area contributed by atoms with Crippen LogP contribution >= 0.6 is 0 Å². The van der Waals surface area contributed by atoms with E-state index in [2.05, 4.69) is 0 Å². The number of nitrogens with two attached hydrogens (primary N) is 1. The third-order valence-electron chi connectivity index (χ3n) is 2.10. The molecule has 0 aliphatic carbocycles. The molecule has 2 N–H and O–H groups in total. The molecule has 0 saturated carbocycles. The minimum Gasteiger partial charge on any atom is -0.462 e. The topological polar surface area (TPSA) is 93.2 Å². The fourth-order valence-electron chi connectivity index (χ4n) is 1.29. The molecule has 1 amide bonds. The first kappa shape index (κ1) is 13.5. The Hall–Kier alpha value is -2.61. The van der Waals surface area contributed by atoms with Gasteiger partial charge in [0, 0.05) is 5.56 Å². The lowest BCUT2D eigenvalue weighted by molar-refractivity contribution is -0.137. The van der Waals surface area contributed by atoms with Crippen LogP contribution in [0.25, 0.3) is 6.08 Å². The summed E-state index contributed by atoms with van der Waals surface area (Å²) < 4.78 is 4.72. The van der Waals surface area contributed by atoms with Gasteiger partial charge in [-0.25, -0.2) is 4.79 Å². The maximum atomic E-state index is 11.4. The average molecular weight is 244 g/mol. The van der Waals surface area contributed by atoms with E-state index in [-0.39, 0.29) is 12.2 Å². The second-order valence-corrected chi connectivity index (χ2v) is 3.38. The summed E-state index contributed by atoms with van der Waals surface area (Å²) in [6.07, 6.45) is 1.35. The van der Waals surface area contributed by atoms with E-state index in [1.165, 1.54) is 12.1 Å². The van der Waals surface area contributed by atoms with E-state index >= 15 is 0 Å². The largest absolute Gasteiger partial charge is 0.462 e. The van der Waals surface area contributed by atoms with Gasteiger partial charge in [-0.05, 0) is 30.7 Å². The molecule has 5 nitrogen and oxygen atoms in total. The van der Waals surface area contributed by atoms with Gasteiger partial charge < -0.3 is 10.5 Å². The Bertz CT molecular complexity index is 541. The minimum absolute atomic E-state index is 0.126. The number of primary amides is 1. The summed E-state index contributed by atoms with van der Waals surface area (Å²) in [5.74, 6) is -1.26. The minimum atomic E-state index is -0.690. The number of nitriles is 1. The van der Waals surface area contributed by atoms with Gasteiger partial charge in [0.2, 0.25) is 5.91 Å². The molecule has 18 heavy (non-hydrogen) atoms. The Morgan fingerprint density at radius 1 is 1.50 bits per heavy atom. The number of ether oxygens (including phenoxy) is 1. The van der Waals surface area contributed by atoms with Crippen molar-refractivity contribution in [1.29, 1.82) is 5.26 Å². The van der Waals surface area contributed by atoms with Gasteiger partial charge in [-0.1, -0.05) is 12.1 Å². The molecule has 1 aromatic rings. The summed E-state index contributed by atoms with van der Waals surface area (Å²) in [6, 6.07) is 8.08. The first-order valence-corrected chi connectivity index (χ1v) is 5.27. The normalized spacial score (nSPS) is 10.6. The van der Waals surface area contributed by atoms with Gasteiger partial charge in [-0.2, -0.15) is 5.26 Å². The highest BCUT2D eigenvalue weighted by Gasteiger charge is 2.10. The van der Waals surface area contributed by atoms with Gasteiger partial charge >= 0.3 is 5.97 Å². The molecule has 0 aliphatic rings. The maximum absolute atomic E-state index is 11.4. The number of rotatable bonds is 4. The molecule has 92 valence electrons. The second kappa shape index (κ2) is 6.21. The van der Waals surface area contributed by atoms with Crippen LogP contribution < -0.4 is 5.73 Å². The third-order valence-corrected chi connectivity index (χ3v) is 2.10. The summed E-state index contributed by atoms with van der Waals surface area (Å²) in [4.78, 5) is 22.4. The summed E-state index contributed by atoms with van der Waals surface area (Å²) in [5, 5.41) is 8.85. The fraction of sp³-hybridized carbons (Fsp3) is 0.154. The van der Waals surface area contributed by atoms with Crippen molar-refractivity contribution in [1.82, 2.24) is 0 Å². The van der Waals surface area contributed by atoms with Crippen molar-refractivity contribution in [2.75, 3.05) is 6.61 Å². The van der Waals surface area contributed by atoms with Crippen LogP contribution in [-0.2, 0) is 9.53 Å². The van der Waals surface area contributed by atoms with Crippen LogP contribution in [0.3, 0.4) is 0 Å². The molecule has 0 unspecified atom stereocenters. The van der Waals surface area contributed by atoms with Crippen LogP contribution in [0.15, 0.2) is 29.8 Å². The van der Waals surface area contributed by atoms with Crippen LogP contribution in [0, 0.1) is 11.3 Å². The van der Waals surface area contributed by atoms with E-state index in [1.807, 2.05) is 0 Å². The van der Waals surface area contributed by atoms with Crippen LogP contribution in [0.2, 0.25) is 0 Å². The summed E-state index contributed by atoms with van der Waals surface area (Å²) >= 11 is 0. The van der Waals surface area contributed by atoms with Gasteiger partial charge in [-0.3, -0.25) is 4.79 Å². The third kappa shape index (κ3) is 3.46. The second-order valence-electron chi connectivity index (χ2n) is 3.38. The highest BCUT2D eigenvalue weighted by molar-refractivity contribution is 5.98. The number of amides is 1. The first-order chi connectivity index (χ1) is 8.58. The predicted octanol–water partition coefficient (Wildman–Crippen LogP) is 1.26. The SMILES string of the molecule is CCOC(=O)/C(C#N)=C/c1cccc(C(N)=O)c1. The molecule has 0 atom stereocenters. The fourth-order valence-corrected chi connectivity index (χ4v) is 1.29. The molecule has 0 saturated heterocycles. The molecule has 5 heteroatoms. The smallest absolute Gasteiger partial charge is 0.348 e. The van der Waals surface area contributed by atoms with Gasteiger partial charge in [0.05, 0.1) is 6.61 Å². The van der Waals surface area contributed by atoms with Crippen molar-refractivity contribution >= 4 is 18.0 Å². The molecule has 0 fully saturated rings. The van der Waals surface area contributed by atoms with Gasteiger partial charge in [0.25, 0.3) is 0 Å². The van der Waals surface area contributed by atoms with Crippen LogP contribution in [0.5, 0.6) is 0 Å². The number of hydrogen-bond acceptors (Lipinski definition) is 4. The number of benzene rings is 1. The Labute approximate surface area is 104 Å². The standard InChI is InChI=1S/C13H12N2O3/c1-2-18-13(17)11(8-14)7-9-4-3-5-10(6-9)12(15)16/h3-7H,2H2,1H3,(H2,15,16)/b11-7+. The monoisotopic (exact) mass is 244 g/mol. The molecule has 1 rings (SSSR count). The van der Waals surface area contributed by atoms with E-state index in [1.54, 1.807) is 31.2 Å². The van der Waals surface area contributed by atoms with E-state index < -0.39 is 11.9 Å². The molecule has 0 radical (unpaired) electrons. The van der Waals surface area contributed by atoms with Crippen LogP contribution in [0.1, 0.15) is 22.8 Å². The number of hydrogen-bond donors (Lipinski definition) is 1. The van der Waals surface area contributed by atoms with E-state index in [9.17, 15) is 9.59 Å². The zero-order chi connectivity index (χ0) is 13.5. The average Bonchev–Trinajstić information content (AvgIpc) is 2.36. The molecule has 0 spiro atoms. The number of esters is 1. The van der Waals surface area contributed by atoms with Crippen molar-refractivity contribution in [3.63, 3.8) is 0 Å². The number of nitrogens with zero attached hydrogens (tertiary/aromatic N) is 1. The molecule has 1 aromatic carbocycles. The lowest BCUT2D eigenvalue weighted by atomic mass is 10.1. The van der Waals surface area contributed by atoms with Gasteiger partial charge in [0.15, 0.2) is 0 Å². The van der Waals surface area contributed by atoms with Crippen molar-refractivity contribution in [2.24, 2.45) is 5.73 Å². The highest BCUT2D eigenvalue weighted by Crippen LogP contribution is 2.10. The Balaban J connectivity index is 3.07. The summed E-state index contributed by atoms with van der Waals surface area (Å²) in [7, 11) is 0. The molecule has 0 aliphatic heterocycles. The molecular formula is C13H12N2O3. The van der Waals surface area contributed by atoms with E-state index in [0.29, 0.717) is 11.1 Å². The maximum Gasteiger partial charge on any atom is 0.348 e. The van der Waals surface area contributed by atoms with Crippen molar-refractivity contribution < 1.29 is 14.3 Å². The molecule has 0 aromatic heterocycles. The van der Waals surface area contributed by atoms with Gasteiger partial charge in [-0.15, -0.1) is 0 Å². The lowest BCUT2D eigenvalue weighted by Gasteiger charge is -2.01. The Morgan fingerprint density at radius 3 is 2.78 bits per heavy atom. The zero-order valence-electron chi connectivity index (χ0n) is 9.84. The summed E-state index contributed by atoms with van der Waals surface area (Å²) in [5.41, 5.74) is 5.86. The Morgan fingerprint density at radius 2 is 2.22 bits per heavy atom. The van der Waals surface area contributed by atoms with E-state index in [0.717, 1.165) is 0 Å². The van der Waals surface area contributed by atoms with Crippen molar-refractivity contribution in [2.45, 2.75) is 6.92 Å². The number of carbonyl (C=O) groups is 2.